The maximum absolute atomic E-state index is 12.9. The van der Waals surface area contributed by atoms with Crippen LogP contribution < -0.4 is 0 Å². The summed E-state index contributed by atoms with van der Waals surface area (Å²) in [4.78, 5) is 26.1. The summed E-state index contributed by atoms with van der Waals surface area (Å²) >= 11 is 0. The van der Waals surface area contributed by atoms with E-state index in [2.05, 4.69) is 15.3 Å². The fourth-order valence-electron chi connectivity index (χ4n) is 3.39. The largest absolute Gasteiger partial charge is 0.476 e. The number of aromatic carboxylic acids is 1. The highest BCUT2D eigenvalue weighted by Crippen LogP contribution is 2.24. The van der Waals surface area contributed by atoms with E-state index in [4.69, 9.17) is 0 Å². The SMILES string of the molecule is CCn1nc(C(=O)O)c2c1CCN(C(=O)c1ccc(-n3cnnc3)cc1)C2. The number of carbonyl (C=O) groups excluding carboxylic acids is 1. The number of benzene rings is 1. The van der Waals surface area contributed by atoms with E-state index in [0.29, 0.717) is 30.6 Å². The molecule has 0 saturated heterocycles. The maximum atomic E-state index is 12.9. The molecule has 1 amide bonds. The lowest BCUT2D eigenvalue weighted by Gasteiger charge is -2.27. The lowest BCUT2D eigenvalue weighted by Crippen LogP contribution is -2.36. The van der Waals surface area contributed by atoms with Crippen molar-refractivity contribution in [3.05, 3.63) is 59.4 Å². The summed E-state index contributed by atoms with van der Waals surface area (Å²) in [6.45, 7) is 3.31. The standard InChI is InChI=1S/C18H18N6O3/c1-2-24-15-7-8-22(9-14(15)16(21-24)18(26)27)17(25)12-3-5-13(6-4-12)23-10-19-20-11-23/h3-6,10-11H,2,7-9H2,1H3,(H,26,27). The van der Waals surface area contributed by atoms with Crippen LogP contribution in [0.1, 0.15) is 39.0 Å². The summed E-state index contributed by atoms with van der Waals surface area (Å²) < 4.78 is 3.47. The van der Waals surface area contributed by atoms with Crippen LogP contribution in [0.5, 0.6) is 0 Å². The molecule has 3 heterocycles. The molecule has 138 valence electrons. The molecular formula is C18H18N6O3. The van der Waals surface area contributed by atoms with Gasteiger partial charge in [0.1, 0.15) is 12.7 Å². The Bertz CT molecular complexity index is 991. The number of rotatable bonds is 4. The second-order valence-electron chi connectivity index (χ2n) is 6.29. The summed E-state index contributed by atoms with van der Waals surface area (Å²) in [5.74, 6) is -1.19. The van der Waals surface area contributed by atoms with Crippen molar-refractivity contribution in [1.82, 2.24) is 29.4 Å². The number of hydrogen-bond acceptors (Lipinski definition) is 5. The molecule has 0 fully saturated rings. The summed E-state index contributed by atoms with van der Waals surface area (Å²) in [6, 6.07) is 7.15. The first kappa shape index (κ1) is 17.0. The lowest BCUT2D eigenvalue weighted by atomic mass is 10.0. The Morgan fingerprint density at radius 2 is 1.85 bits per heavy atom. The van der Waals surface area contributed by atoms with Gasteiger partial charge in [-0.1, -0.05) is 0 Å². The van der Waals surface area contributed by atoms with Gasteiger partial charge in [0.2, 0.25) is 0 Å². The molecule has 1 N–H and O–H groups in total. The Morgan fingerprint density at radius 1 is 1.15 bits per heavy atom. The fraction of sp³-hybridized carbons (Fsp3) is 0.278. The van der Waals surface area contributed by atoms with E-state index >= 15 is 0 Å². The summed E-state index contributed by atoms with van der Waals surface area (Å²) in [5, 5.41) is 21.1. The zero-order chi connectivity index (χ0) is 19.0. The first-order chi connectivity index (χ1) is 13.1. The minimum absolute atomic E-state index is 0.0345. The van der Waals surface area contributed by atoms with Crippen LogP contribution in [0.4, 0.5) is 0 Å². The normalized spacial score (nSPS) is 13.4. The number of aromatic nitrogens is 5. The van der Waals surface area contributed by atoms with Crippen LogP contribution in [0.2, 0.25) is 0 Å². The van der Waals surface area contributed by atoms with Crippen LogP contribution in [0, 0.1) is 0 Å². The molecule has 27 heavy (non-hydrogen) atoms. The highest BCUT2D eigenvalue weighted by Gasteiger charge is 2.30. The van der Waals surface area contributed by atoms with E-state index in [1.165, 1.54) is 0 Å². The maximum Gasteiger partial charge on any atom is 0.356 e. The molecule has 0 spiro atoms. The van der Waals surface area contributed by atoms with E-state index in [9.17, 15) is 14.7 Å². The summed E-state index contributed by atoms with van der Waals surface area (Å²) in [7, 11) is 0. The van der Waals surface area contributed by atoms with Crippen LogP contribution in [0.15, 0.2) is 36.9 Å². The van der Waals surface area contributed by atoms with Crippen molar-refractivity contribution in [2.45, 2.75) is 26.4 Å². The highest BCUT2D eigenvalue weighted by atomic mass is 16.4. The molecule has 1 aliphatic rings. The Kier molecular flexibility index (Phi) is 4.19. The van der Waals surface area contributed by atoms with Gasteiger partial charge in [0.05, 0.1) is 6.54 Å². The lowest BCUT2D eigenvalue weighted by molar-refractivity contribution is 0.0674. The van der Waals surface area contributed by atoms with Crippen LogP contribution in [0.3, 0.4) is 0 Å². The fourth-order valence-corrected chi connectivity index (χ4v) is 3.39. The van der Waals surface area contributed by atoms with E-state index in [0.717, 1.165) is 11.4 Å². The van der Waals surface area contributed by atoms with E-state index in [1.807, 2.05) is 19.1 Å². The van der Waals surface area contributed by atoms with Crippen molar-refractivity contribution in [2.75, 3.05) is 6.54 Å². The Labute approximate surface area is 154 Å². The third kappa shape index (κ3) is 2.97. The number of aryl methyl sites for hydroxylation is 1. The molecule has 1 aromatic carbocycles. The predicted octanol–water partition coefficient (Wildman–Crippen LogP) is 1.38. The number of amides is 1. The molecule has 0 atom stereocenters. The van der Waals surface area contributed by atoms with E-state index in [-0.39, 0.29) is 18.1 Å². The number of fused-ring (bicyclic) bond motifs is 1. The van der Waals surface area contributed by atoms with Crippen molar-refractivity contribution >= 4 is 11.9 Å². The third-order valence-electron chi connectivity index (χ3n) is 4.75. The molecular weight excluding hydrogens is 348 g/mol. The summed E-state index contributed by atoms with van der Waals surface area (Å²) in [5.41, 5.74) is 2.98. The number of carboxylic acids is 1. The van der Waals surface area contributed by atoms with E-state index in [1.54, 1.807) is 38.9 Å². The van der Waals surface area contributed by atoms with E-state index < -0.39 is 5.97 Å². The molecule has 0 saturated carbocycles. The highest BCUT2D eigenvalue weighted by molar-refractivity contribution is 5.95. The van der Waals surface area contributed by atoms with Gasteiger partial charge in [-0.3, -0.25) is 14.0 Å². The quantitative estimate of drug-likeness (QED) is 0.748. The van der Waals surface area contributed by atoms with Gasteiger partial charge in [-0.2, -0.15) is 5.10 Å². The van der Waals surface area contributed by atoms with Gasteiger partial charge < -0.3 is 10.0 Å². The second kappa shape index (κ2) is 6.67. The molecule has 0 unspecified atom stereocenters. The van der Waals surface area contributed by atoms with Gasteiger partial charge in [-0.05, 0) is 31.2 Å². The Balaban J connectivity index is 1.57. The van der Waals surface area contributed by atoms with Crippen molar-refractivity contribution in [1.29, 1.82) is 0 Å². The number of carbonyl (C=O) groups is 2. The van der Waals surface area contributed by atoms with Gasteiger partial charge in [0.25, 0.3) is 5.91 Å². The van der Waals surface area contributed by atoms with Crippen molar-refractivity contribution < 1.29 is 14.7 Å². The summed E-state index contributed by atoms with van der Waals surface area (Å²) in [6.07, 6.45) is 3.76. The molecule has 0 bridgehead atoms. The van der Waals surface area contributed by atoms with Gasteiger partial charge >= 0.3 is 5.97 Å². The Hall–Kier alpha value is -3.49. The smallest absolute Gasteiger partial charge is 0.356 e. The van der Waals surface area contributed by atoms with Gasteiger partial charge in [-0.25, -0.2) is 4.79 Å². The van der Waals surface area contributed by atoms with Crippen molar-refractivity contribution in [3.8, 4) is 5.69 Å². The zero-order valence-corrected chi connectivity index (χ0v) is 14.7. The number of nitrogens with zero attached hydrogens (tertiary/aromatic N) is 6. The van der Waals surface area contributed by atoms with Crippen LogP contribution in [-0.2, 0) is 19.5 Å². The molecule has 9 nitrogen and oxygen atoms in total. The average Bonchev–Trinajstić information content (AvgIpc) is 3.35. The van der Waals surface area contributed by atoms with Crippen LogP contribution in [0.25, 0.3) is 5.69 Å². The van der Waals surface area contributed by atoms with Crippen molar-refractivity contribution in [2.24, 2.45) is 0 Å². The molecule has 2 aromatic heterocycles. The molecule has 0 radical (unpaired) electrons. The molecule has 9 heteroatoms. The minimum atomic E-state index is -1.06. The zero-order valence-electron chi connectivity index (χ0n) is 14.7. The average molecular weight is 366 g/mol. The number of hydrogen-bond donors (Lipinski definition) is 1. The van der Waals surface area contributed by atoms with Gasteiger partial charge in [-0.15, -0.1) is 10.2 Å². The van der Waals surface area contributed by atoms with Crippen molar-refractivity contribution in [3.63, 3.8) is 0 Å². The second-order valence-corrected chi connectivity index (χ2v) is 6.29. The first-order valence-electron chi connectivity index (χ1n) is 8.64. The minimum Gasteiger partial charge on any atom is -0.476 e. The topological polar surface area (TPSA) is 106 Å². The molecule has 4 rings (SSSR count). The molecule has 3 aromatic rings. The van der Waals surface area contributed by atoms with Crippen LogP contribution >= 0.6 is 0 Å². The molecule has 1 aliphatic heterocycles. The Morgan fingerprint density at radius 3 is 2.48 bits per heavy atom. The van der Waals surface area contributed by atoms with Crippen LogP contribution in [-0.4, -0.2) is 53.0 Å². The van der Waals surface area contributed by atoms with Gasteiger partial charge in [0.15, 0.2) is 5.69 Å². The monoisotopic (exact) mass is 366 g/mol. The molecule has 0 aliphatic carbocycles. The first-order valence-corrected chi connectivity index (χ1v) is 8.64. The number of carboxylic acid groups (broad SMARTS) is 1. The third-order valence-corrected chi connectivity index (χ3v) is 4.75. The van der Waals surface area contributed by atoms with Gasteiger partial charge in [0, 0.05) is 42.0 Å². The predicted molar refractivity (Wildman–Crippen MR) is 94.7 cm³/mol.